The smallest absolute Gasteiger partial charge is 0.317 e. The van der Waals surface area contributed by atoms with Crippen LogP contribution in [-0.2, 0) is 9.53 Å². The molecule has 4 heteroatoms. The minimum Gasteiger partial charge on any atom is -0.468 e. The highest BCUT2D eigenvalue weighted by Crippen LogP contribution is 2.30. The summed E-state index contributed by atoms with van der Waals surface area (Å²) in [6.07, 6.45) is 1.60. The Labute approximate surface area is 127 Å². The van der Waals surface area contributed by atoms with E-state index in [0.29, 0.717) is 5.39 Å². The highest BCUT2D eigenvalue weighted by molar-refractivity contribution is 5.92. The molecule has 110 valence electrons. The van der Waals surface area contributed by atoms with Crippen molar-refractivity contribution in [3.8, 4) is 0 Å². The fraction of sp³-hybridized carbons (Fsp3) is 0.111. The number of fused-ring (bicyclic) bond motifs is 1. The molecular formula is C18H15NO3. The maximum atomic E-state index is 12.3. The van der Waals surface area contributed by atoms with Crippen LogP contribution in [-0.4, -0.2) is 18.1 Å². The first-order chi connectivity index (χ1) is 10.7. The SMILES string of the molecule is COC(=O)C(c1ccccc1)c1c[nH]c(=O)c2ccccc12. The van der Waals surface area contributed by atoms with E-state index in [9.17, 15) is 9.59 Å². The Kier molecular flexibility index (Phi) is 3.74. The van der Waals surface area contributed by atoms with Gasteiger partial charge in [-0.3, -0.25) is 9.59 Å². The molecule has 0 fully saturated rings. The summed E-state index contributed by atoms with van der Waals surface area (Å²) >= 11 is 0. The van der Waals surface area contributed by atoms with Crippen molar-refractivity contribution in [3.05, 3.63) is 82.3 Å². The van der Waals surface area contributed by atoms with Gasteiger partial charge in [0, 0.05) is 11.6 Å². The van der Waals surface area contributed by atoms with Gasteiger partial charge in [-0.25, -0.2) is 0 Å². The number of rotatable bonds is 3. The standard InChI is InChI=1S/C18H15NO3/c1-22-18(21)16(12-7-3-2-4-8-12)15-11-19-17(20)14-10-6-5-9-13(14)15/h2-11,16H,1H3,(H,19,20). The van der Waals surface area contributed by atoms with Crippen LogP contribution in [0.25, 0.3) is 10.8 Å². The summed E-state index contributed by atoms with van der Waals surface area (Å²) < 4.78 is 4.97. The van der Waals surface area contributed by atoms with Crippen molar-refractivity contribution < 1.29 is 9.53 Å². The molecule has 1 aromatic heterocycles. The predicted molar refractivity (Wildman–Crippen MR) is 84.9 cm³/mol. The number of ether oxygens (including phenoxy) is 1. The molecule has 1 N–H and O–H groups in total. The second kappa shape index (κ2) is 5.85. The molecule has 0 aliphatic carbocycles. The van der Waals surface area contributed by atoms with Crippen LogP contribution in [0.1, 0.15) is 17.0 Å². The largest absolute Gasteiger partial charge is 0.468 e. The lowest BCUT2D eigenvalue weighted by atomic mass is 9.89. The number of hydrogen-bond donors (Lipinski definition) is 1. The Morgan fingerprint density at radius 1 is 1.00 bits per heavy atom. The molecule has 0 spiro atoms. The molecule has 0 aliphatic heterocycles. The zero-order valence-corrected chi connectivity index (χ0v) is 12.1. The second-order valence-corrected chi connectivity index (χ2v) is 4.99. The van der Waals surface area contributed by atoms with Gasteiger partial charge in [-0.1, -0.05) is 48.5 Å². The molecule has 0 saturated heterocycles. The summed E-state index contributed by atoms with van der Waals surface area (Å²) in [7, 11) is 1.37. The number of carbonyl (C=O) groups excluding carboxylic acids is 1. The molecule has 1 heterocycles. The molecule has 0 bridgehead atoms. The van der Waals surface area contributed by atoms with Crippen LogP contribution >= 0.6 is 0 Å². The van der Waals surface area contributed by atoms with Crippen LogP contribution in [0.5, 0.6) is 0 Å². The molecule has 1 atom stereocenters. The number of aromatic amines is 1. The third kappa shape index (κ3) is 2.39. The van der Waals surface area contributed by atoms with Crippen molar-refractivity contribution in [1.29, 1.82) is 0 Å². The quantitative estimate of drug-likeness (QED) is 0.755. The maximum Gasteiger partial charge on any atom is 0.317 e. The monoisotopic (exact) mass is 293 g/mol. The predicted octanol–water partition coefficient (Wildman–Crippen LogP) is 2.83. The molecule has 3 rings (SSSR count). The number of carbonyl (C=O) groups is 1. The average molecular weight is 293 g/mol. The van der Waals surface area contributed by atoms with Crippen LogP contribution in [0.3, 0.4) is 0 Å². The third-order valence-electron chi connectivity index (χ3n) is 3.72. The van der Waals surface area contributed by atoms with Gasteiger partial charge in [-0.15, -0.1) is 0 Å². The molecule has 0 aliphatic rings. The molecular weight excluding hydrogens is 278 g/mol. The second-order valence-electron chi connectivity index (χ2n) is 4.99. The summed E-state index contributed by atoms with van der Waals surface area (Å²) in [5.41, 5.74) is 1.39. The molecule has 1 unspecified atom stereocenters. The first kappa shape index (κ1) is 14.1. The van der Waals surface area contributed by atoms with Crippen LogP contribution in [0.4, 0.5) is 0 Å². The number of aromatic nitrogens is 1. The highest BCUT2D eigenvalue weighted by Gasteiger charge is 2.25. The van der Waals surface area contributed by atoms with E-state index in [1.54, 1.807) is 18.3 Å². The van der Waals surface area contributed by atoms with E-state index in [-0.39, 0.29) is 11.5 Å². The van der Waals surface area contributed by atoms with Gasteiger partial charge >= 0.3 is 5.97 Å². The molecule has 22 heavy (non-hydrogen) atoms. The fourth-order valence-corrected chi connectivity index (χ4v) is 2.68. The van der Waals surface area contributed by atoms with Crippen molar-refractivity contribution >= 4 is 16.7 Å². The van der Waals surface area contributed by atoms with E-state index < -0.39 is 5.92 Å². The number of hydrogen-bond acceptors (Lipinski definition) is 3. The molecule has 0 radical (unpaired) electrons. The molecule has 3 aromatic rings. The lowest BCUT2D eigenvalue weighted by Crippen LogP contribution is -2.18. The topological polar surface area (TPSA) is 59.2 Å². The Balaban J connectivity index is 2.28. The summed E-state index contributed by atoms with van der Waals surface area (Å²) in [5, 5.41) is 1.32. The molecule has 0 amide bonds. The van der Waals surface area contributed by atoms with E-state index in [0.717, 1.165) is 16.5 Å². The normalized spacial score (nSPS) is 12.0. The number of esters is 1. The van der Waals surface area contributed by atoms with Crippen molar-refractivity contribution in [2.24, 2.45) is 0 Å². The first-order valence-corrected chi connectivity index (χ1v) is 6.95. The molecule has 4 nitrogen and oxygen atoms in total. The number of pyridine rings is 1. The molecule has 0 saturated carbocycles. The Hall–Kier alpha value is -2.88. The Bertz CT molecular complexity index is 868. The van der Waals surface area contributed by atoms with Crippen LogP contribution < -0.4 is 5.56 Å². The van der Waals surface area contributed by atoms with Gasteiger partial charge in [0.1, 0.15) is 5.92 Å². The Morgan fingerprint density at radius 3 is 2.32 bits per heavy atom. The van der Waals surface area contributed by atoms with Crippen molar-refractivity contribution in [2.45, 2.75) is 5.92 Å². The van der Waals surface area contributed by atoms with E-state index >= 15 is 0 Å². The molecule has 2 aromatic carbocycles. The van der Waals surface area contributed by atoms with Gasteiger partial charge in [-0.2, -0.15) is 0 Å². The summed E-state index contributed by atoms with van der Waals surface area (Å²) in [6, 6.07) is 16.6. The third-order valence-corrected chi connectivity index (χ3v) is 3.72. The van der Waals surface area contributed by atoms with E-state index in [4.69, 9.17) is 4.74 Å². The first-order valence-electron chi connectivity index (χ1n) is 6.95. The number of methoxy groups -OCH3 is 1. The van der Waals surface area contributed by atoms with E-state index in [1.165, 1.54) is 7.11 Å². The van der Waals surface area contributed by atoms with Crippen molar-refractivity contribution in [1.82, 2.24) is 4.98 Å². The van der Waals surface area contributed by atoms with Gasteiger partial charge in [0.2, 0.25) is 0 Å². The zero-order valence-electron chi connectivity index (χ0n) is 12.1. The summed E-state index contributed by atoms with van der Waals surface area (Å²) in [6.45, 7) is 0. The van der Waals surface area contributed by atoms with Crippen molar-refractivity contribution in [2.75, 3.05) is 7.11 Å². The van der Waals surface area contributed by atoms with Crippen molar-refractivity contribution in [3.63, 3.8) is 0 Å². The van der Waals surface area contributed by atoms with Crippen LogP contribution in [0.2, 0.25) is 0 Å². The number of H-pyrrole nitrogens is 1. The Morgan fingerprint density at radius 2 is 1.64 bits per heavy atom. The average Bonchev–Trinajstić information content (AvgIpc) is 2.58. The van der Waals surface area contributed by atoms with Gasteiger partial charge in [0.05, 0.1) is 7.11 Å². The van der Waals surface area contributed by atoms with Gasteiger partial charge in [-0.05, 0) is 22.6 Å². The fourth-order valence-electron chi connectivity index (χ4n) is 2.68. The highest BCUT2D eigenvalue weighted by atomic mass is 16.5. The summed E-state index contributed by atoms with van der Waals surface area (Å²) in [4.78, 5) is 27.0. The number of nitrogens with one attached hydrogen (secondary N) is 1. The minimum absolute atomic E-state index is 0.170. The minimum atomic E-state index is -0.576. The number of benzene rings is 2. The van der Waals surface area contributed by atoms with E-state index in [1.807, 2.05) is 42.5 Å². The van der Waals surface area contributed by atoms with Gasteiger partial charge in [0.15, 0.2) is 0 Å². The maximum absolute atomic E-state index is 12.3. The summed E-state index contributed by atoms with van der Waals surface area (Å²) in [5.74, 6) is -0.934. The van der Waals surface area contributed by atoms with Crippen LogP contribution in [0, 0.1) is 0 Å². The lowest BCUT2D eigenvalue weighted by Gasteiger charge is -2.17. The van der Waals surface area contributed by atoms with E-state index in [2.05, 4.69) is 4.98 Å². The zero-order chi connectivity index (χ0) is 15.5. The van der Waals surface area contributed by atoms with Gasteiger partial charge in [0.25, 0.3) is 5.56 Å². The van der Waals surface area contributed by atoms with Crippen LogP contribution in [0.15, 0.2) is 65.6 Å². The lowest BCUT2D eigenvalue weighted by molar-refractivity contribution is -0.141. The van der Waals surface area contributed by atoms with Gasteiger partial charge < -0.3 is 9.72 Å².